The molecular weight excluding hydrogens is 124 g/mol. The van der Waals surface area contributed by atoms with Crippen LogP contribution in [0.1, 0.15) is 19.3 Å². The van der Waals surface area contributed by atoms with Gasteiger partial charge in [-0.05, 0) is 39.1 Å². The Morgan fingerprint density at radius 1 is 1.20 bits per heavy atom. The summed E-state index contributed by atoms with van der Waals surface area (Å²) in [4.78, 5) is 0. The van der Waals surface area contributed by atoms with Crippen LogP contribution in [0.25, 0.3) is 0 Å². The van der Waals surface area contributed by atoms with Crippen LogP contribution in [0.3, 0.4) is 0 Å². The van der Waals surface area contributed by atoms with Gasteiger partial charge in [-0.25, -0.2) is 0 Å². The fourth-order valence-corrected chi connectivity index (χ4v) is 0.765. The van der Waals surface area contributed by atoms with Gasteiger partial charge in [0.2, 0.25) is 0 Å². The minimum atomic E-state index is 1.13. The minimum absolute atomic E-state index is 1.13. The first-order valence-electron chi connectivity index (χ1n) is 3.88. The highest BCUT2D eigenvalue weighted by atomic mass is 14.8. The van der Waals surface area contributed by atoms with Crippen LogP contribution in [0, 0.1) is 0 Å². The van der Waals surface area contributed by atoms with Gasteiger partial charge in [0.05, 0.1) is 0 Å². The fourth-order valence-electron chi connectivity index (χ4n) is 0.765. The molecular formula is C8H18N2. The molecule has 0 heterocycles. The van der Waals surface area contributed by atoms with E-state index in [2.05, 4.69) is 16.7 Å². The molecule has 0 aromatic heterocycles. The van der Waals surface area contributed by atoms with Crippen molar-refractivity contribution in [3.8, 4) is 0 Å². The van der Waals surface area contributed by atoms with E-state index in [1.54, 1.807) is 0 Å². The summed E-state index contributed by atoms with van der Waals surface area (Å²) >= 11 is 0. The molecule has 0 saturated carbocycles. The summed E-state index contributed by atoms with van der Waals surface area (Å²) in [5, 5.41) is 6.08. The second-order valence-corrected chi connectivity index (χ2v) is 2.29. The molecule has 0 aliphatic rings. The topological polar surface area (TPSA) is 24.1 Å². The highest BCUT2D eigenvalue weighted by molar-refractivity contribution is 4.77. The van der Waals surface area contributed by atoms with Crippen molar-refractivity contribution in [1.29, 1.82) is 0 Å². The molecule has 0 saturated heterocycles. The first-order chi connectivity index (χ1) is 4.91. The van der Waals surface area contributed by atoms with Gasteiger partial charge in [-0.3, -0.25) is 0 Å². The number of hydrogen-bond donors (Lipinski definition) is 2. The third-order valence-electron chi connectivity index (χ3n) is 1.33. The third-order valence-corrected chi connectivity index (χ3v) is 1.33. The molecule has 2 heteroatoms. The number of hydrogen-bond acceptors (Lipinski definition) is 2. The van der Waals surface area contributed by atoms with E-state index in [9.17, 15) is 0 Å². The zero-order valence-electron chi connectivity index (χ0n) is 6.98. The Bertz CT molecular complexity index is 79.3. The summed E-state index contributed by atoms with van der Waals surface area (Å²) in [5.41, 5.74) is 0. The molecule has 0 aromatic rings. The Morgan fingerprint density at radius 2 is 2.00 bits per heavy atom. The van der Waals surface area contributed by atoms with E-state index in [0.717, 1.165) is 6.54 Å². The lowest BCUT2D eigenvalue weighted by atomic mass is 10.2. The molecule has 0 radical (unpaired) electrons. The summed E-state index contributed by atoms with van der Waals surface area (Å²) in [6.07, 6.45) is 7.88. The van der Waals surface area contributed by atoms with E-state index in [-0.39, 0.29) is 0 Å². The minimum Gasteiger partial charge on any atom is -0.394 e. The zero-order valence-corrected chi connectivity index (χ0v) is 6.98. The van der Waals surface area contributed by atoms with Gasteiger partial charge in [0.1, 0.15) is 0 Å². The van der Waals surface area contributed by atoms with Gasteiger partial charge in [0.25, 0.3) is 0 Å². The lowest BCUT2D eigenvalue weighted by Crippen LogP contribution is -2.06. The Morgan fingerprint density at radius 3 is 2.60 bits per heavy atom. The average Bonchev–Trinajstić information content (AvgIpc) is 1.97. The van der Waals surface area contributed by atoms with Crippen LogP contribution in [0.2, 0.25) is 0 Å². The maximum Gasteiger partial charge on any atom is 0.00276 e. The molecule has 0 atom stereocenters. The van der Waals surface area contributed by atoms with Gasteiger partial charge in [-0.15, -0.1) is 0 Å². The summed E-state index contributed by atoms with van der Waals surface area (Å²) in [6.45, 7) is 1.13. The second-order valence-electron chi connectivity index (χ2n) is 2.29. The molecule has 10 heavy (non-hydrogen) atoms. The molecule has 60 valence electrons. The normalized spacial score (nSPS) is 10.6. The SMILES string of the molecule is CN/C=C/CCCCNC. The van der Waals surface area contributed by atoms with Crippen LogP contribution in [-0.2, 0) is 0 Å². The molecule has 0 amide bonds. The van der Waals surface area contributed by atoms with Crippen LogP contribution in [0.5, 0.6) is 0 Å². The van der Waals surface area contributed by atoms with Crippen molar-refractivity contribution in [2.45, 2.75) is 19.3 Å². The van der Waals surface area contributed by atoms with Gasteiger partial charge in [-0.2, -0.15) is 0 Å². The first kappa shape index (κ1) is 9.50. The predicted octanol–water partition coefficient (Wildman–Crippen LogP) is 1.11. The Kier molecular flexibility index (Phi) is 8.07. The standard InChI is InChI=1S/C8H18N2/c1-9-7-5-3-4-6-8-10-2/h5,7,9-10H,3-4,6,8H2,1-2H3/b7-5+. The van der Waals surface area contributed by atoms with Crippen LogP contribution in [-0.4, -0.2) is 20.6 Å². The lowest BCUT2D eigenvalue weighted by molar-refractivity contribution is 0.684. The molecule has 0 aromatic carbocycles. The van der Waals surface area contributed by atoms with Crippen LogP contribution >= 0.6 is 0 Å². The van der Waals surface area contributed by atoms with Crippen molar-refractivity contribution in [2.75, 3.05) is 20.6 Å². The van der Waals surface area contributed by atoms with Crippen molar-refractivity contribution in [2.24, 2.45) is 0 Å². The Hall–Kier alpha value is -0.500. The van der Waals surface area contributed by atoms with Gasteiger partial charge in [0.15, 0.2) is 0 Å². The summed E-state index contributed by atoms with van der Waals surface area (Å²) in [6, 6.07) is 0. The fraction of sp³-hybridized carbons (Fsp3) is 0.750. The van der Waals surface area contributed by atoms with Crippen molar-refractivity contribution < 1.29 is 0 Å². The zero-order chi connectivity index (χ0) is 7.66. The van der Waals surface area contributed by atoms with Crippen molar-refractivity contribution in [3.63, 3.8) is 0 Å². The largest absolute Gasteiger partial charge is 0.394 e. The highest BCUT2D eigenvalue weighted by Crippen LogP contribution is 1.93. The highest BCUT2D eigenvalue weighted by Gasteiger charge is 1.81. The van der Waals surface area contributed by atoms with Gasteiger partial charge in [-0.1, -0.05) is 6.08 Å². The van der Waals surface area contributed by atoms with E-state index in [1.807, 2.05) is 20.3 Å². The molecule has 0 aliphatic carbocycles. The lowest BCUT2D eigenvalue weighted by Gasteiger charge is -1.95. The van der Waals surface area contributed by atoms with E-state index < -0.39 is 0 Å². The van der Waals surface area contributed by atoms with Gasteiger partial charge >= 0.3 is 0 Å². The molecule has 0 fully saturated rings. The molecule has 0 rings (SSSR count). The molecule has 2 N–H and O–H groups in total. The Labute approximate surface area is 63.7 Å². The van der Waals surface area contributed by atoms with E-state index in [0.29, 0.717) is 0 Å². The number of allylic oxidation sites excluding steroid dienone is 1. The summed E-state index contributed by atoms with van der Waals surface area (Å²) < 4.78 is 0. The quantitative estimate of drug-likeness (QED) is 0.543. The van der Waals surface area contributed by atoms with Crippen molar-refractivity contribution in [1.82, 2.24) is 10.6 Å². The third kappa shape index (κ3) is 7.50. The van der Waals surface area contributed by atoms with Gasteiger partial charge in [0, 0.05) is 7.05 Å². The van der Waals surface area contributed by atoms with Gasteiger partial charge < -0.3 is 10.6 Å². The molecule has 0 spiro atoms. The maximum atomic E-state index is 3.12. The predicted molar refractivity (Wildman–Crippen MR) is 46.0 cm³/mol. The van der Waals surface area contributed by atoms with E-state index >= 15 is 0 Å². The van der Waals surface area contributed by atoms with Crippen molar-refractivity contribution >= 4 is 0 Å². The Balaban J connectivity index is 2.83. The molecule has 0 bridgehead atoms. The number of nitrogens with one attached hydrogen (secondary N) is 2. The first-order valence-corrected chi connectivity index (χ1v) is 3.88. The smallest absolute Gasteiger partial charge is 0.00276 e. The van der Waals surface area contributed by atoms with E-state index in [1.165, 1.54) is 19.3 Å². The van der Waals surface area contributed by atoms with Crippen LogP contribution in [0.15, 0.2) is 12.3 Å². The monoisotopic (exact) mass is 142 g/mol. The molecule has 2 nitrogen and oxygen atoms in total. The van der Waals surface area contributed by atoms with Crippen LogP contribution < -0.4 is 10.6 Å². The van der Waals surface area contributed by atoms with Crippen LogP contribution in [0.4, 0.5) is 0 Å². The van der Waals surface area contributed by atoms with Crippen molar-refractivity contribution in [3.05, 3.63) is 12.3 Å². The molecule has 0 aliphatic heterocycles. The maximum absolute atomic E-state index is 3.12. The molecule has 0 unspecified atom stereocenters. The van der Waals surface area contributed by atoms with E-state index in [4.69, 9.17) is 0 Å². The summed E-state index contributed by atoms with van der Waals surface area (Å²) in [7, 11) is 3.91. The summed E-state index contributed by atoms with van der Waals surface area (Å²) in [5.74, 6) is 0. The number of unbranched alkanes of at least 4 members (excludes halogenated alkanes) is 2. The average molecular weight is 142 g/mol. The second kappa shape index (κ2) is 8.50. The number of rotatable bonds is 6.